The van der Waals surface area contributed by atoms with Gasteiger partial charge in [-0.05, 0) is 76.0 Å². The van der Waals surface area contributed by atoms with Crippen LogP contribution < -0.4 is 4.31 Å². The Morgan fingerprint density at radius 2 is 1.75 bits per heavy atom. The maximum absolute atomic E-state index is 13.7. The predicted octanol–water partition coefficient (Wildman–Crippen LogP) is 4.38. The van der Waals surface area contributed by atoms with E-state index in [9.17, 15) is 13.2 Å². The van der Waals surface area contributed by atoms with Gasteiger partial charge in [-0.25, -0.2) is 18.2 Å². The van der Waals surface area contributed by atoms with E-state index in [-0.39, 0.29) is 24.0 Å². The summed E-state index contributed by atoms with van der Waals surface area (Å²) in [7, 11) is -0.0560. The lowest BCUT2D eigenvalue weighted by Crippen LogP contribution is -2.36. The largest absolute Gasteiger partial charge is 0.464 e. The number of hydrogen-bond donors (Lipinski definition) is 0. The number of sulfonamides is 1. The SMILES string of the molecule is CCOC(=O)C(C)n1c(Cc2ccc(C#N)cc2)nc2cc(N(CCN(C)C)S(=O)(=O)c3ccccc3)ccc21. The summed E-state index contributed by atoms with van der Waals surface area (Å²) in [4.78, 5) is 19.8. The summed E-state index contributed by atoms with van der Waals surface area (Å²) in [5.74, 6) is 0.245. The number of benzene rings is 3. The molecule has 1 atom stereocenters. The number of likely N-dealkylation sites (N-methyl/N-ethyl adjacent to an activating group) is 1. The van der Waals surface area contributed by atoms with E-state index in [1.54, 1.807) is 74.5 Å². The first-order valence-electron chi connectivity index (χ1n) is 13.0. The van der Waals surface area contributed by atoms with Crippen LogP contribution in [-0.2, 0) is 26.0 Å². The summed E-state index contributed by atoms with van der Waals surface area (Å²) in [5, 5.41) is 9.14. The minimum absolute atomic E-state index is 0.205. The Labute approximate surface area is 235 Å². The molecule has 9 nitrogen and oxygen atoms in total. The number of hydrogen-bond acceptors (Lipinski definition) is 7. The molecule has 0 aliphatic carbocycles. The highest BCUT2D eigenvalue weighted by atomic mass is 32.2. The first-order chi connectivity index (χ1) is 19.1. The minimum atomic E-state index is -3.84. The number of nitrogens with zero attached hydrogens (tertiary/aromatic N) is 5. The summed E-state index contributed by atoms with van der Waals surface area (Å²) >= 11 is 0. The molecule has 0 aliphatic rings. The molecular formula is C30H33N5O4S. The fraction of sp³-hybridized carbons (Fsp3) is 0.300. The molecule has 0 radical (unpaired) electrons. The Kier molecular flexibility index (Phi) is 8.87. The maximum atomic E-state index is 13.7. The van der Waals surface area contributed by atoms with E-state index >= 15 is 0 Å². The molecule has 3 aromatic carbocycles. The molecule has 10 heteroatoms. The van der Waals surface area contributed by atoms with Crippen LogP contribution in [0.5, 0.6) is 0 Å². The van der Waals surface area contributed by atoms with Gasteiger partial charge in [-0.2, -0.15) is 5.26 Å². The second-order valence-corrected chi connectivity index (χ2v) is 11.5. The van der Waals surface area contributed by atoms with Crippen molar-refractivity contribution >= 4 is 32.7 Å². The molecule has 0 fully saturated rings. The molecule has 4 aromatic rings. The van der Waals surface area contributed by atoms with Gasteiger partial charge in [0.2, 0.25) is 0 Å². The Hall–Kier alpha value is -4.20. The molecule has 208 valence electrons. The fourth-order valence-electron chi connectivity index (χ4n) is 4.50. The highest BCUT2D eigenvalue weighted by Crippen LogP contribution is 2.30. The number of anilines is 1. The lowest BCUT2D eigenvalue weighted by Gasteiger charge is -2.26. The maximum Gasteiger partial charge on any atom is 0.328 e. The van der Waals surface area contributed by atoms with Crippen LogP contribution >= 0.6 is 0 Å². The average Bonchev–Trinajstić information content (AvgIpc) is 3.30. The van der Waals surface area contributed by atoms with E-state index in [0.29, 0.717) is 41.1 Å². The van der Waals surface area contributed by atoms with Crippen molar-refractivity contribution in [1.82, 2.24) is 14.5 Å². The van der Waals surface area contributed by atoms with E-state index in [2.05, 4.69) is 6.07 Å². The number of aromatic nitrogens is 2. The van der Waals surface area contributed by atoms with Crippen molar-refractivity contribution in [2.45, 2.75) is 31.2 Å². The topological polar surface area (TPSA) is 109 Å². The minimum Gasteiger partial charge on any atom is -0.464 e. The van der Waals surface area contributed by atoms with Crippen LogP contribution in [0.4, 0.5) is 5.69 Å². The standard InChI is InChI=1S/C30H33N5O4S/c1-5-39-30(36)22(2)35-28-16-15-25(20-27(28)32-29(35)19-23-11-13-24(21-31)14-12-23)34(18-17-33(3)4)40(37,38)26-9-7-6-8-10-26/h6-16,20,22H,5,17-19H2,1-4H3. The zero-order valence-corrected chi connectivity index (χ0v) is 23.9. The van der Waals surface area contributed by atoms with Gasteiger partial charge in [0.05, 0.1) is 39.9 Å². The average molecular weight is 560 g/mol. The third kappa shape index (κ3) is 6.17. The Balaban J connectivity index is 1.83. The first kappa shape index (κ1) is 28.8. The normalized spacial score (nSPS) is 12.3. The van der Waals surface area contributed by atoms with Gasteiger partial charge in [-0.15, -0.1) is 0 Å². The van der Waals surface area contributed by atoms with Gasteiger partial charge in [-0.3, -0.25) is 4.31 Å². The zero-order valence-electron chi connectivity index (χ0n) is 23.1. The predicted molar refractivity (Wildman–Crippen MR) is 155 cm³/mol. The number of carbonyl (C=O) groups excluding carboxylic acids is 1. The van der Waals surface area contributed by atoms with Crippen molar-refractivity contribution < 1.29 is 17.9 Å². The van der Waals surface area contributed by atoms with Crippen LogP contribution in [0, 0.1) is 11.3 Å². The first-order valence-corrected chi connectivity index (χ1v) is 14.5. The van der Waals surface area contributed by atoms with Gasteiger partial charge in [0, 0.05) is 19.5 Å². The van der Waals surface area contributed by atoms with Crippen LogP contribution in [-0.4, -0.2) is 62.6 Å². The molecule has 0 amide bonds. The molecule has 0 saturated heterocycles. The number of rotatable bonds is 11. The molecule has 0 saturated carbocycles. The molecular weight excluding hydrogens is 526 g/mol. The monoisotopic (exact) mass is 559 g/mol. The number of nitriles is 1. The summed E-state index contributed by atoms with van der Waals surface area (Å²) in [6.07, 6.45) is 0.409. The number of esters is 1. The third-order valence-electron chi connectivity index (χ3n) is 6.58. The van der Waals surface area contributed by atoms with Crippen LogP contribution in [0.1, 0.15) is 36.8 Å². The smallest absolute Gasteiger partial charge is 0.328 e. The lowest BCUT2D eigenvalue weighted by molar-refractivity contribution is -0.146. The molecule has 1 unspecified atom stereocenters. The molecule has 1 aromatic heterocycles. The molecule has 0 spiro atoms. The number of ether oxygens (including phenoxy) is 1. The molecule has 1 heterocycles. The highest BCUT2D eigenvalue weighted by Gasteiger charge is 2.27. The van der Waals surface area contributed by atoms with Gasteiger partial charge in [0.1, 0.15) is 11.9 Å². The fourth-order valence-corrected chi connectivity index (χ4v) is 5.96. The van der Waals surface area contributed by atoms with Gasteiger partial charge in [0.15, 0.2) is 0 Å². The Bertz CT molecular complexity index is 1620. The van der Waals surface area contributed by atoms with Crippen molar-refractivity contribution in [3.8, 4) is 6.07 Å². The van der Waals surface area contributed by atoms with E-state index < -0.39 is 16.1 Å². The molecule has 0 N–H and O–H groups in total. The summed E-state index contributed by atoms with van der Waals surface area (Å²) in [5.41, 5.74) is 3.22. The second kappa shape index (κ2) is 12.3. The highest BCUT2D eigenvalue weighted by molar-refractivity contribution is 7.92. The van der Waals surface area contributed by atoms with E-state index in [4.69, 9.17) is 15.0 Å². The Morgan fingerprint density at radius 3 is 2.38 bits per heavy atom. The van der Waals surface area contributed by atoms with Gasteiger partial charge in [0.25, 0.3) is 10.0 Å². The van der Waals surface area contributed by atoms with Crippen LogP contribution in [0.2, 0.25) is 0 Å². The number of imidazole rings is 1. The zero-order chi connectivity index (χ0) is 28.9. The number of carbonyl (C=O) groups is 1. The molecule has 40 heavy (non-hydrogen) atoms. The van der Waals surface area contributed by atoms with E-state index in [1.807, 2.05) is 35.7 Å². The lowest BCUT2D eigenvalue weighted by atomic mass is 10.1. The Morgan fingerprint density at radius 1 is 1.05 bits per heavy atom. The quantitative estimate of drug-likeness (QED) is 0.251. The summed E-state index contributed by atoms with van der Waals surface area (Å²) < 4.78 is 36.0. The van der Waals surface area contributed by atoms with Crippen LogP contribution in [0.15, 0.2) is 77.7 Å². The van der Waals surface area contributed by atoms with Crippen molar-refractivity contribution in [2.75, 3.05) is 38.1 Å². The molecule has 0 bridgehead atoms. The van der Waals surface area contributed by atoms with Crippen LogP contribution in [0.25, 0.3) is 11.0 Å². The summed E-state index contributed by atoms with van der Waals surface area (Å²) in [6, 6.07) is 22.3. The van der Waals surface area contributed by atoms with Gasteiger partial charge >= 0.3 is 5.97 Å². The van der Waals surface area contributed by atoms with Crippen molar-refractivity contribution in [3.05, 3.63) is 89.7 Å². The third-order valence-corrected chi connectivity index (χ3v) is 8.42. The van der Waals surface area contributed by atoms with Crippen molar-refractivity contribution in [1.29, 1.82) is 5.26 Å². The van der Waals surface area contributed by atoms with E-state index in [1.165, 1.54) is 4.31 Å². The molecule has 4 rings (SSSR count). The number of fused-ring (bicyclic) bond motifs is 1. The van der Waals surface area contributed by atoms with E-state index in [0.717, 1.165) is 5.56 Å². The van der Waals surface area contributed by atoms with Crippen molar-refractivity contribution in [2.24, 2.45) is 0 Å². The van der Waals surface area contributed by atoms with Gasteiger partial charge in [-0.1, -0.05) is 30.3 Å². The van der Waals surface area contributed by atoms with Gasteiger partial charge < -0.3 is 14.2 Å². The van der Waals surface area contributed by atoms with Crippen LogP contribution in [0.3, 0.4) is 0 Å². The van der Waals surface area contributed by atoms with Crippen molar-refractivity contribution in [3.63, 3.8) is 0 Å². The molecule has 0 aliphatic heterocycles. The summed E-state index contributed by atoms with van der Waals surface area (Å²) in [6.45, 7) is 4.54. The second-order valence-electron chi connectivity index (χ2n) is 9.68.